The van der Waals surface area contributed by atoms with Crippen molar-refractivity contribution in [3.63, 3.8) is 0 Å². The van der Waals surface area contributed by atoms with E-state index in [9.17, 15) is 13.2 Å². The fourth-order valence-corrected chi connectivity index (χ4v) is 1.27. The Kier molecular flexibility index (Phi) is 3.17. The van der Waals surface area contributed by atoms with Gasteiger partial charge in [0.25, 0.3) is 0 Å². The van der Waals surface area contributed by atoms with E-state index in [-0.39, 0.29) is 15.6 Å². The van der Waals surface area contributed by atoms with Gasteiger partial charge in [0.1, 0.15) is 5.02 Å². The molecule has 0 unspecified atom stereocenters. The number of benzene rings is 1. The molecule has 0 bridgehead atoms. The zero-order valence-corrected chi connectivity index (χ0v) is 8.46. The van der Waals surface area contributed by atoms with Crippen molar-refractivity contribution < 1.29 is 17.9 Å². The molecule has 0 heterocycles. The highest BCUT2D eigenvalue weighted by atomic mass is 35.5. The van der Waals surface area contributed by atoms with Crippen LogP contribution in [0.1, 0.15) is 5.56 Å². The number of aryl methyl sites for hydroxylation is 1. The number of hydrogen-bond donors (Lipinski definition) is 0. The molecule has 78 valence electrons. The first-order valence-corrected chi connectivity index (χ1v) is 4.27. The third kappa shape index (κ3) is 2.69. The first-order valence-electron chi connectivity index (χ1n) is 3.51. The van der Waals surface area contributed by atoms with Crippen LogP contribution in [0.3, 0.4) is 0 Å². The van der Waals surface area contributed by atoms with Crippen LogP contribution in [-0.2, 0) is 0 Å². The Labute approximate surface area is 88.4 Å². The predicted octanol–water partition coefficient (Wildman–Crippen LogP) is 4.20. The maximum atomic E-state index is 11.9. The lowest BCUT2D eigenvalue weighted by molar-refractivity contribution is -0.274. The monoisotopic (exact) mass is 244 g/mol. The van der Waals surface area contributed by atoms with Crippen molar-refractivity contribution >= 4 is 23.2 Å². The van der Waals surface area contributed by atoms with Crippen molar-refractivity contribution in [2.45, 2.75) is 13.3 Å². The molecule has 0 saturated heterocycles. The van der Waals surface area contributed by atoms with Crippen LogP contribution in [0.25, 0.3) is 0 Å². The average Bonchev–Trinajstić information content (AvgIpc) is 2.04. The Morgan fingerprint density at radius 2 is 1.79 bits per heavy atom. The van der Waals surface area contributed by atoms with Crippen LogP contribution in [-0.4, -0.2) is 6.36 Å². The molecule has 1 rings (SSSR count). The molecule has 0 radical (unpaired) electrons. The molecule has 0 fully saturated rings. The van der Waals surface area contributed by atoms with E-state index in [2.05, 4.69) is 4.74 Å². The largest absolute Gasteiger partial charge is 0.573 e. The molecule has 0 saturated carbocycles. The summed E-state index contributed by atoms with van der Waals surface area (Å²) in [5.74, 6) is -0.452. The van der Waals surface area contributed by atoms with E-state index < -0.39 is 12.1 Å². The number of hydrogen-bond acceptors (Lipinski definition) is 1. The summed E-state index contributed by atoms with van der Waals surface area (Å²) < 4.78 is 39.5. The van der Waals surface area contributed by atoms with Gasteiger partial charge in [0.05, 0.1) is 5.02 Å². The van der Waals surface area contributed by atoms with E-state index >= 15 is 0 Å². The van der Waals surface area contributed by atoms with Crippen molar-refractivity contribution in [3.8, 4) is 5.75 Å². The van der Waals surface area contributed by atoms with Crippen molar-refractivity contribution in [1.29, 1.82) is 0 Å². The normalized spacial score (nSPS) is 11.6. The van der Waals surface area contributed by atoms with E-state index in [1.165, 1.54) is 19.1 Å². The summed E-state index contributed by atoms with van der Waals surface area (Å²) in [6, 6.07) is 2.80. The van der Waals surface area contributed by atoms with Crippen LogP contribution < -0.4 is 4.74 Å². The highest BCUT2D eigenvalue weighted by Crippen LogP contribution is 2.37. The summed E-state index contributed by atoms with van der Waals surface area (Å²) >= 11 is 11.1. The molecule has 0 aliphatic rings. The lowest BCUT2D eigenvalue weighted by Crippen LogP contribution is -2.18. The van der Waals surface area contributed by atoms with E-state index in [0.29, 0.717) is 0 Å². The van der Waals surface area contributed by atoms with Crippen molar-refractivity contribution in [2.24, 2.45) is 0 Å². The summed E-state index contributed by atoms with van der Waals surface area (Å²) in [5.41, 5.74) is 0.275. The molecule has 0 aliphatic heterocycles. The smallest absolute Gasteiger partial charge is 0.404 e. The van der Waals surface area contributed by atoms with Crippen LogP contribution in [0.5, 0.6) is 5.75 Å². The molecule has 0 atom stereocenters. The molecule has 14 heavy (non-hydrogen) atoms. The lowest BCUT2D eigenvalue weighted by Gasteiger charge is -2.13. The third-order valence-corrected chi connectivity index (χ3v) is 2.25. The quantitative estimate of drug-likeness (QED) is 0.720. The highest BCUT2D eigenvalue weighted by Gasteiger charge is 2.33. The van der Waals surface area contributed by atoms with Gasteiger partial charge < -0.3 is 4.74 Å². The van der Waals surface area contributed by atoms with E-state index in [0.717, 1.165) is 0 Å². The lowest BCUT2D eigenvalue weighted by atomic mass is 10.2. The summed E-state index contributed by atoms with van der Waals surface area (Å²) in [4.78, 5) is 0. The summed E-state index contributed by atoms with van der Waals surface area (Å²) in [6.45, 7) is 1.45. The van der Waals surface area contributed by atoms with E-state index in [1.807, 2.05) is 0 Å². The minimum Gasteiger partial charge on any atom is -0.404 e. The second kappa shape index (κ2) is 3.87. The number of alkyl halides is 3. The van der Waals surface area contributed by atoms with Crippen LogP contribution in [0.2, 0.25) is 10.0 Å². The van der Waals surface area contributed by atoms with Gasteiger partial charge in [0.2, 0.25) is 0 Å². The summed E-state index contributed by atoms with van der Waals surface area (Å²) in [5, 5.41) is -0.208. The minimum absolute atomic E-state index is 0.0246. The van der Waals surface area contributed by atoms with Crippen molar-refractivity contribution in [2.75, 3.05) is 0 Å². The van der Waals surface area contributed by atoms with E-state index in [1.54, 1.807) is 0 Å². The fraction of sp³-hybridized carbons (Fsp3) is 0.250. The van der Waals surface area contributed by atoms with Gasteiger partial charge in [0.15, 0.2) is 5.75 Å². The standard InChI is InChI=1S/C8H5Cl2F3O/c1-4-2-3-5(9)6(10)7(4)14-8(11,12)13/h2-3H,1H3. The van der Waals surface area contributed by atoms with Crippen LogP contribution in [0.4, 0.5) is 13.2 Å². The Morgan fingerprint density at radius 1 is 1.21 bits per heavy atom. The first kappa shape index (κ1) is 11.5. The average molecular weight is 245 g/mol. The first-order chi connectivity index (χ1) is 6.31. The maximum Gasteiger partial charge on any atom is 0.573 e. The molecule has 0 N–H and O–H groups in total. The topological polar surface area (TPSA) is 9.23 Å². The summed E-state index contributed by atoms with van der Waals surface area (Å²) in [6.07, 6.45) is -4.76. The number of ether oxygens (including phenoxy) is 1. The highest BCUT2D eigenvalue weighted by molar-refractivity contribution is 6.43. The van der Waals surface area contributed by atoms with Gasteiger partial charge in [0, 0.05) is 0 Å². The SMILES string of the molecule is Cc1ccc(Cl)c(Cl)c1OC(F)(F)F. The second-order valence-electron chi connectivity index (χ2n) is 2.56. The summed E-state index contributed by atoms with van der Waals surface area (Å²) in [7, 11) is 0. The van der Waals surface area contributed by atoms with Gasteiger partial charge in [-0.1, -0.05) is 29.3 Å². The Morgan fingerprint density at radius 3 is 2.29 bits per heavy atom. The molecule has 0 amide bonds. The Bertz CT molecular complexity index is 349. The molecular weight excluding hydrogens is 240 g/mol. The molecular formula is C8H5Cl2F3O. The number of rotatable bonds is 1. The molecule has 6 heteroatoms. The van der Waals surface area contributed by atoms with Crippen LogP contribution >= 0.6 is 23.2 Å². The molecule has 0 aromatic heterocycles. The molecule has 0 aliphatic carbocycles. The fourth-order valence-electron chi connectivity index (χ4n) is 0.870. The van der Waals surface area contributed by atoms with Crippen molar-refractivity contribution in [3.05, 3.63) is 27.7 Å². The predicted molar refractivity (Wildman–Crippen MR) is 47.9 cm³/mol. The molecule has 0 spiro atoms. The van der Waals surface area contributed by atoms with Crippen molar-refractivity contribution in [1.82, 2.24) is 0 Å². The second-order valence-corrected chi connectivity index (χ2v) is 3.34. The maximum absolute atomic E-state index is 11.9. The molecule has 1 aromatic carbocycles. The molecule has 1 nitrogen and oxygen atoms in total. The van der Waals surface area contributed by atoms with Gasteiger partial charge in [-0.2, -0.15) is 0 Å². The van der Waals surface area contributed by atoms with Gasteiger partial charge in [-0.15, -0.1) is 13.2 Å². The van der Waals surface area contributed by atoms with Crippen LogP contribution in [0, 0.1) is 6.92 Å². The molecule has 1 aromatic rings. The number of halogens is 5. The van der Waals surface area contributed by atoms with Crippen LogP contribution in [0.15, 0.2) is 12.1 Å². The van der Waals surface area contributed by atoms with Gasteiger partial charge in [-0.05, 0) is 18.6 Å². The van der Waals surface area contributed by atoms with E-state index in [4.69, 9.17) is 23.2 Å². The Balaban J connectivity index is 3.13. The zero-order valence-electron chi connectivity index (χ0n) is 6.95. The van der Waals surface area contributed by atoms with Gasteiger partial charge >= 0.3 is 6.36 Å². The third-order valence-electron chi connectivity index (χ3n) is 1.46. The zero-order chi connectivity index (χ0) is 10.9. The van der Waals surface area contributed by atoms with Gasteiger partial charge in [-0.25, -0.2) is 0 Å². The van der Waals surface area contributed by atoms with Gasteiger partial charge in [-0.3, -0.25) is 0 Å². The minimum atomic E-state index is -4.76. The Hall–Kier alpha value is -0.610.